The minimum atomic E-state index is -0.368. The van der Waals surface area contributed by atoms with Crippen LogP contribution in [0.25, 0.3) is 10.8 Å². The number of carbonyl (C=O) groups is 1. The van der Waals surface area contributed by atoms with Crippen LogP contribution < -0.4 is 9.47 Å². The number of benzene rings is 4. The Bertz CT molecular complexity index is 1170. The van der Waals surface area contributed by atoms with Gasteiger partial charge in [-0.1, -0.05) is 84.9 Å². The van der Waals surface area contributed by atoms with Gasteiger partial charge in [0.1, 0.15) is 18.1 Å². The first-order valence-electron chi connectivity index (χ1n) is 10.1. The van der Waals surface area contributed by atoms with Gasteiger partial charge < -0.3 is 9.47 Å². The van der Waals surface area contributed by atoms with E-state index in [4.69, 9.17) is 9.47 Å². The molecule has 30 heavy (non-hydrogen) atoms. The summed E-state index contributed by atoms with van der Waals surface area (Å²) >= 11 is 0. The molecule has 1 aliphatic rings. The minimum absolute atomic E-state index is 0.330. The van der Waals surface area contributed by atoms with E-state index in [9.17, 15) is 4.79 Å². The van der Waals surface area contributed by atoms with E-state index in [0.717, 1.165) is 22.1 Å². The third-order valence-corrected chi connectivity index (χ3v) is 5.91. The molecular formula is C27H22O3. The van der Waals surface area contributed by atoms with Crippen molar-refractivity contribution in [1.82, 2.24) is 0 Å². The second kappa shape index (κ2) is 7.34. The second-order valence-corrected chi connectivity index (χ2v) is 7.78. The first kappa shape index (κ1) is 18.4. The third kappa shape index (κ3) is 3.03. The predicted octanol–water partition coefficient (Wildman–Crippen LogP) is 5.69. The van der Waals surface area contributed by atoms with Crippen molar-refractivity contribution in [2.45, 2.75) is 18.8 Å². The molecule has 0 spiro atoms. The van der Waals surface area contributed by atoms with Gasteiger partial charge in [0.25, 0.3) is 0 Å². The number of hydrogen-bond donors (Lipinski definition) is 0. The molecule has 0 radical (unpaired) electrons. The Hall–Kier alpha value is -3.59. The van der Waals surface area contributed by atoms with Crippen LogP contribution in [0.5, 0.6) is 11.5 Å². The Morgan fingerprint density at radius 2 is 1.47 bits per heavy atom. The average molecular weight is 394 g/mol. The molecule has 3 heteroatoms. The van der Waals surface area contributed by atoms with E-state index in [1.54, 1.807) is 0 Å². The van der Waals surface area contributed by atoms with Crippen LogP contribution in [0.3, 0.4) is 0 Å². The second-order valence-electron chi connectivity index (χ2n) is 7.78. The largest absolute Gasteiger partial charge is 0.491 e. The summed E-state index contributed by atoms with van der Waals surface area (Å²) in [6, 6.07) is 30.9. The summed E-state index contributed by atoms with van der Waals surface area (Å²) in [5.41, 5.74) is 2.93. The van der Waals surface area contributed by atoms with Crippen molar-refractivity contribution >= 4 is 16.7 Å². The maximum absolute atomic E-state index is 11.9. The molecule has 0 aromatic heterocycles. The molecule has 0 saturated carbocycles. The first-order chi connectivity index (χ1) is 14.7. The highest BCUT2D eigenvalue weighted by atomic mass is 16.5. The number of esters is 1. The van der Waals surface area contributed by atoms with Crippen LogP contribution in [-0.2, 0) is 16.6 Å². The zero-order valence-electron chi connectivity index (χ0n) is 16.8. The molecule has 0 amide bonds. The van der Waals surface area contributed by atoms with E-state index < -0.39 is 0 Å². The summed E-state index contributed by atoms with van der Waals surface area (Å²) in [5, 5.41) is 2.04. The Kier molecular flexibility index (Phi) is 4.51. The lowest BCUT2D eigenvalue weighted by atomic mass is 9.69. The average Bonchev–Trinajstić information content (AvgIpc) is 2.80. The minimum Gasteiger partial charge on any atom is -0.491 e. The Labute approximate surface area is 175 Å². The molecule has 1 aliphatic heterocycles. The Morgan fingerprint density at radius 3 is 2.10 bits per heavy atom. The maximum Gasteiger partial charge on any atom is 0.308 e. The molecule has 0 saturated heterocycles. The number of carbonyl (C=O) groups excluding carboxylic acids is 1. The normalized spacial score (nSPS) is 14.6. The molecule has 148 valence electrons. The molecule has 5 rings (SSSR count). The van der Waals surface area contributed by atoms with Crippen molar-refractivity contribution < 1.29 is 14.3 Å². The summed E-state index contributed by atoms with van der Waals surface area (Å²) < 4.78 is 12.2. The van der Waals surface area contributed by atoms with Gasteiger partial charge in [0.05, 0.1) is 5.41 Å². The Balaban J connectivity index is 1.75. The van der Waals surface area contributed by atoms with E-state index in [-0.39, 0.29) is 11.4 Å². The Morgan fingerprint density at radius 1 is 0.867 bits per heavy atom. The highest BCUT2D eigenvalue weighted by molar-refractivity contribution is 5.92. The zero-order valence-corrected chi connectivity index (χ0v) is 16.8. The van der Waals surface area contributed by atoms with E-state index >= 15 is 0 Å². The molecule has 0 N–H and O–H groups in total. The van der Waals surface area contributed by atoms with E-state index in [2.05, 4.69) is 54.6 Å². The van der Waals surface area contributed by atoms with Crippen LogP contribution in [0.15, 0.2) is 91.0 Å². The fourth-order valence-corrected chi connectivity index (χ4v) is 4.51. The maximum atomic E-state index is 11.9. The fourth-order valence-electron chi connectivity index (χ4n) is 4.51. The van der Waals surface area contributed by atoms with Gasteiger partial charge >= 0.3 is 5.97 Å². The number of hydrogen-bond acceptors (Lipinski definition) is 3. The first-order valence-corrected chi connectivity index (χ1v) is 10.1. The van der Waals surface area contributed by atoms with E-state index in [1.807, 2.05) is 36.4 Å². The monoisotopic (exact) mass is 394 g/mol. The van der Waals surface area contributed by atoms with Gasteiger partial charge in [-0.2, -0.15) is 0 Å². The van der Waals surface area contributed by atoms with Crippen molar-refractivity contribution in [3.63, 3.8) is 0 Å². The molecule has 0 unspecified atom stereocenters. The summed E-state index contributed by atoms with van der Waals surface area (Å²) in [4.78, 5) is 11.9. The molecule has 4 aromatic rings. The molecule has 0 fully saturated rings. The molecule has 3 nitrogen and oxygen atoms in total. The van der Waals surface area contributed by atoms with Crippen molar-refractivity contribution in [3.05, 3.63) is 108 Å². The smallest absolute Gasteiger partial charge is 0.308 e. The molecule has 0 aliphatic carbocycles. The van der Waals surface area contributed by atoms with Crippen LogP contribution in [0, 0.1) is 0 Å². The van der Waals surface area contributed by atoms with Gasteiger partial charge in [-0.05, 0) is 29.0 Å². The number of ether oxygens (including phenoxy) is 2. The van der Waals surface area contributed by atoms with Crippen LogP contribution >= 0.6 is 0 Å². The molecule has 0 bridgehead atoms. The van der Waals surface area contributed by atoms with Gasteiger partial charge in [0, 0.05) is 17.9 Å². The number of fused-ring (bicyclic) bond motifs is 3. The van der Waals surface area contributed by atoms with Gasteiger partial charge in [0.15, 0.2) is 0 Å². The zero-order chi connectivity index (χ0) is 20.6. The van der Waals surface area contributed by atoms with Gasteiger partial charge in [-0.15, -0.1) is 0 Å². The molecule has 4 aromatic carbocycles. The quantitative estimate of drug-likeness (QED) is 0.331. The van der Waals surface area contributed by atoms with Crippen molar-refractivity contribution in [3.8, 4) is 11.5 Å². The number of rotatable bonds is 3. The highest BCUT2D eigenvalue weighted by Crippen LogP contribution is 2.48. The predicted molar refractivity (Wildman–Crippen MR) is 118 cm³/mol. The summed E-state index contributed by atoms with van der Waals surface area (Å²) in [6.07, 6.45) is 0.684. The third-order valence-electron chi connectivity index (χ3n) is 5.91. The lowest BCUT2D eigenvalue weighted by molar-refractivity contribution is -0.131. The van der Waals surface area contributed by atoms with Crippen LogP contribution in [-0.4, -0.2) is 12.6 Å². The fraction of sp³-hybridized carbons (Fsp3) is 0.148. The van der Waals surface area contributed by atoms with Crippen molar-refractivity contribution in [1.29, 1.82) is 0 Å². The van der Waals surface area contributed by atoms with E-state index in [0.29, 0.717) is 18.8 Å². The van der Waals surface area contributed by atoms with Gasteiger partial charge in [-0.25, -0.2) is 0 Å². The van der Waals surface area contributed by atoms with Crippen LogP contribution in [0.1, 0.15) is 23.6 Å². The van der Waals surface area contributed by atoms with Gasteiger partial charge in [-0.3, -0.25) is 4.79 Å². The van der Waals surface area contributed by atoms with Crippen molar-refractivity contribution in [2.75, 3.05) is 6.61 Å². The lowest BCUT2D eigenvalue weighted by Gasteiger charge is -2.40. The molecule has 0 atom stereocenters. The van der Waals surface area contributed by atoms with Crippen molar-refractivity contribution in [2.24, 2.45) is 0 Å². The van der Waals surface area contributed by atoms with Crippen LogP contribution in [0.2, 0.25) is 0 Å². The van der Waals surface area contributed by atoms with E-state index in [1.165, 1.54) is 18.1 Å². The SMILES string of the molecule is CC(=O)Oc1cc2ccccc2c2c1CC(c1ccccc1)(c1ccccc1)CO2. The molecule has 1 heterocycles. The topological polar surface area (TPSA) is 35.5 Å². The van der Waals surface area contributed by atoms with Crippen LogP contribution in [0.4, 0.5) is 0 Å². The summed E-state index contributed by atoms with van der Waals surface area (Å²) in [6.45, 7) is 1.95. The highest BCUT2D eigenvalue weighted by Gasteiger charge is 2.41. The summed E-state index contributed by atoms with van der Waals surface area (Å²) in [7, 11) is 0. The molecular weight excluding hydrogens is 372 g/mol. The lowest BCUT2D eigenvalue weighted by Crippen LogP contribution is -2.40. The summed E-state index contributed by atoms with van der Waals surface area (Å²) in [5.74, 6) is 1.06. The standard InChI is InChI=1S/C27H22O3/c1-19(28)30-25-16-20-10-8-9-15-23(20)26-24(25)17-27(18-29-26,21-11-4-2-5-12-21)22-13-6-3-7-14-22/h2-16H,17-18H2,1H3. The van der Waals surface area contributed by atoms with Gasteiger partial charge in [0.2, 0.25) is 0 Å².